The predicted octanol–water partition coefficient (Wildman–Crippen LogP) is 1.55. The van der Waals surface area contributed by atoms with E-state index in [9.17, 15) is 29.3 Å². The first-order valence-corrected chi connectivity index (χ1v) is 6.92. The minimum absolute atomic E-state index is 0.0203. The van der Waals surface area contributed by atoms with Crippen molar-refractivity contribution in [3.05, 3.63) is 69.4 Å². The lowest BCUT2D eigenvalue weighted by Gasteiger charge is -2.13. The average molecular weight is 349 g/mol. The maximum atomic E-state index is 13.3. The molecule has 1 aromatic heterocycles. The molecule has 2 aromatic rings. The molecule has 2 rings (SSSR count). The molecule has 1 N–H and O–H groups in total. The van der Waals surface area contributed by atoms with Crippen LogP contribution in [0.2, 0.25) is 0 Å². The van der Waals surface area contributed by atoms with Crippen LogP contribution in [-0.4, -0.2) is 22.9 Å². The number of halogens is 1. The van der Waals surface area contributed by atoms with Gasteiger partial charge in [-0.05, 0) is 19.1 Å². The lowest BCUT2D eigenvalue weighted by atomic mass is 10.2. The Hall–Kier alpha value is -3.56. The summed E-state index contributed by atoms with van der Waals surface area (Å²) in [5.74, 6) is -2.63. The van der Waals surface area contributed by atoms with Crippen molar-refractivity contribution in [2.75, 3.05) is 5.32 Å². The minimum atomic E-state index is -1.23. The van der Waals surface area contributed by atoms with E-state index >= 15 is 0 Å². The van der Waals surface area contributed by atoms with Crippen LogP contribution in [0.25, 0.3) is 0 Å². The molecule has 0 aliphatic rings. The van der Waals surface area contributed by atoms with Crippen LogP contribution in [0.15, 0.2) is 42.7 Å². The standard InChI is InChI=1S/C15H12FN3O6/c1-9(25-15(21)10-4-6-18(22)7-5-10)14(20)17-11-2-3-12(16)13(8-11)19(23)24/h2-9H,1H3,(H,17,20)/t9-/m0/s1. The Balaban J connectivity index is 2.03. The summed E-state index contributed by atoms with van der Waals surface area (Å²) in [5.41, 5.74) is -0.741. The van der Waals surface area contributed by atoms with Gasteiger partial charge in [0.15, 0.2) is 18.5 Å². The van der Waals surface area contributed by atoms with Crippen molar-refractivity contribution in [3.8, 4) is 0 Å². The number of nitrogens with zero attached hydrogens (tertiary/aromatic N) is 2. The number of hydrogen-bond acceptors (Lipinski definition) is 6. The molecule has 0 bridgehead atoms. The average Bonchev–Trinajstić information content (AvgIpc) is 2.56. The Bertz CT molecular complexity index is 825. The van der Waals surface area contributed by atoms with Gasteiger partial charge < -0.3 is 15.3 Å². The lowest BCUT2D eigenvalue weighted by molar-refractivity contribution is -0.605. The highest BCUT2D eigenvalue weighted by molar-refractivity contribution is 5.97. The van der Waals surface area contributed by atoms with Gasteiger partial charge in [-0.1, -0.05) is 0 Å². The summed E-state index contributed by atoms with van der Waals surface area (Å²) in [6.45, 7) is 1.29. The van der Waals surface area contributed by atoms with Crippen LogP contribution in [0.5, 0.6) is 0 Å². The normalized spacial score (nSPS) is 11.4. The van der Waals surface area contributed by atoms with Gasteiger partial charge in [0.25, 0.3) is 5.91 Å². The highest BCUT2D eigenvalue weighted by Crippen LogP contribution is 2.21. The van der Waals surface area contributed by atoms with Crippen molar-refractivity contribution in [1.82, 2.24) is 0 Å². The number of anilines is 1. The summed E-state index contributed by atoms with van der Waals surface area (Å²) in [6, 6.07) is 5.28. The molecule has 0 unspecified atom stereocenters. The number of carbonyl (C=O) groups is 2. The van der Waals surface area contributed by atoms with Crippen LogP contribution in [0.3, 0.4) is 0 Å². The third-order valence-corrected chi connectivity index (χ3v) is 3.10. The van der Waals surface area contributed by atoms with Gasteiger partial charge in [-0.15, -0.1) is 0 Å². The first-order valence-electron chi connectivity index (χ1n) is 6.92. The number of nitro benzene ring substituents is 1. The first kappa shape index (κ1) is 17.8. The van der Waals surface area contributed by atoms with Crippen LogP contribution in [0.4, 0.5) is 15.8 Å². The zero-order chi connectivity index (χ0) is 18.6. The van der Waals surface area contributed by atoms with Crippen molar-refractivity contribution in [3.63, 3.8) is 0 Å². The van der Waals surface area contributed by atoms with E-state index in [0.717, 1.165) is 30.6 Å². The van der Waals surface area contributed by atoms with Gasteiger partial charge in [0.05, 0.1) is 10.5 Å². The monoisotopic (exact) mass is 349 g/mol. The predicted molar refractivity (Wildman–Crippen MR) is 82.0 cm³/mol. The number of amides is 1. The summed E-state index contributed by atoms with van der Waals surface area (Å²) in [7, 11) is 0. The summed E-state index contributed by atoms with van der Waals surface area (Å²) in [6.07, 6.45) is 0.967. The van der Waals surface area contributed by atoms with E-state index in [4.69, 9.17) is 4.74 Å². The fourth-order valence-electron chi connectivity index (χ4n) is 1.81. The van der Waals surface area contributed by atoms with Gasteiger partial charge in [0.2, 0.25) is 5.82 Å². The molecule has 0 spiro atoms. The second-order valence-corrected chi connectivity index (χ2v) is 4.91. The summed E-state index contributed by atoms with van der Waals surface area (Å²) >= 11 is 0. The second kappa shape index (κ2) is 7.34. The Morgan fingerprint density at radius 1 is 1.28 bits per heavy atom. The van der Waals surface area contributed by atoms with Crippen LogP contribution >= 0.6 is 0 Å². The van der Waals surface area contributed by atoms with Crippen molar-refractivity contribution < 1.29 is 28.4 Å². The molecule has 1 atom stereocenters. The quantitative estimate of drug-likeness (QED) is 0.287. The number of pyridine rings is 1. The van der Waals surface area contributed by atoms with Crippen LogP contribution in [-0.2, 0) is 9.53 Å². The Morgan fingerprint density at radius 3 is 2.52 bits per heavy atom. The number of aromatic nitrogens is 1. The fraction of sp³-hybridized carbons (Fsp3) is 0.133. The maximum Gasteiger partial charge on any atom is 0.339 e. The van der Waals surface area contributed by atoms with Crippen LogP contribution in [0.1, 0.15) is 17.3 Å². The molecule has 0 saturated carbocycles. The second-order valence-electron chi connectivity index (χ2n) is 4.91. The van der Waals surface area contributed by atoms with Crippen molar-refractivity contribution in [1.29, 1.82) is 0 Å². The number of nitro groups is 1. The molecule has 25 heavy (non-hydrogen) atoms. The van der Waals surface area contributed by atoms with Crippen molar-refractivity contribution >= 4 is 23.3 Å². The maximum absolute atomic E-state index is 13.3. The topological polar surface area (TPSA) is 125 Å². The van der Waals surface area contributed by atoms with Gasteiger partial charge in [-0.25, -0.2) is 4.79 Å². The third kappa shape index (κ3) is 4.47. The molecule has 0 aliphatic heterocycles. The molecule has 0 aliphatic carbocycles. The Labute approximate surface area is 140 Å². The third-order valence-electron chi connectivity index (χ3n) is 3.10. The molecule has 1 amide bonds. The lowest BCUT2D eigenvalue weighted by Crippen LogP contribution is -2.30. The number of esters is 1. The van der Waals surface area contributed by atoms with E-state index in [-0.39, 0.29) is 11.3 Å². The molecule has 130 valence electrons. The highest BCUT2D eigenvalue weighted by Gasteiger charge is 2.21. The number of benzene rings is 1. The Morgan fingerprint density at radius 2 is 1.92 bits per heavy atom. The number of hydrogen-bond donors (Lipinski definition) is 1. The number of rotatable bonds is 5. The smallest absolute Gasteiger partial charge is 0.339 e. The number of ether oxygens (including phenoxy) is 1. The molecule has 1 aromatic carbocycles. The van der Waals surface area contributed by atoms with E-state index in [0.29, 0.717) is 4.73 Å². The molecule has 10 heteroatoms. The van der Waals surface area contributed by atoms with E-state index in [1.807, 2.05) is 0 Å². The minimum Gasteiger partial charge on any atom is -0.619 e. The SMILES string of the molecule is C[C@H](OC(=O)c1cc[n+]([O-])cc1)C(=O)Nc1ccc(F)c([N+](=O)[O-])c1. The van der Waals surface area contributed by atoms with Crippen LogP contribution < -0.4 is 10.0 Å². The first-order chi connectivity index (χ1) is 11.8. The van der Waals surface area contributed by atoms with Crippen LogP contribution in [0, 0.1) is 21.1 Å². The highest BCUT2D eigenvalue weighted by atomic mass is 19.1. The van der Waals surface area contributed by atoms with E-state index < -0.39 is 34.4 Å². The van der Waals surface area contributed by atoms with E-state index in [2.05, 4.69) is 5.32 Å². The largest absolute Gasteiger partial charge is 0.619 e. The van der Waals surface area contributed by atoms with Crippen molar-refractivity contribution in [2.24, 2.45) is 0 Å². The zero-order valence-corrected chi connectivity index (χ0v) is 12.8. The number of carbonyl (C=O) groups excluding carboxylic acids is 2. The molecule has 0 saturated heterocycles. The molecule has 0 fully saturated rings. The Kier molecular flexibility index (Phi) is 5.22. The van der Waals surface area contributed by atoms with Crippen molar-refractivity contribution in [2.45, 2.75) is 13.0 Å². The molecule has 0 radical (unpaired) electrons. The van der Waals surface area contributed by atoms with Gasteiger partial charge in [0.1, 0.15) is 0 Å². The van der Waals surface area contributed by atoms with E-state index in [1.54, 1.807) is 0 Å². The summed E-state index contributed by atoms with van der Waals surface area (Å²) in [4.78, 5) is 33.6. The van der Waals surface area contributed by atoms with Gasteiger partial charge >= 0.3 is 11.7 Å². The molecular weight excluding hydrogens is 337 g/mol. The van der Waals surface area contributed by atoms with Gasteiger partial charge in [0, 0.05) is 23.9 Å². The van der Waals surface area contributed by atoms with Gasteiger partial charge in [-0.2, -0.15) is 9.12 Å². The van der Waals surface area contributed by atoms with Gasteiger partial charge in [-0.3, -0.25) is 14.9 Å². The zero-order valence-electron chi connectivity index (χ0n) is 12.8. The summed E-state index contributed by atoms with van der Waals surface area (Å²) in [5, 5.41) is 23.9. The fourth-order valence-corrected chi connectivity index (χ4v) is 1.81. The molecule has 9 nitrogen and oxygen atoms in total. The molecular formula is C15H12FN3O6. The number of nitrogens with one attached hydrogen (secondary N) is 1. The van der Waals surface area contributed by atoms with E-state index in [1.165, 1.54) is 19.1 Å². The molecule has 1 heterocycles. The summed E-state index contributed by atoms with van der Waals surface area (Å²) < 4.78 is 18.7.